The first-order chi connectivity index (χ1) is 8.76. The lowest BCUT2D eigenvalue weighted by molar-refractivity contribution is 0.0443. The van der Waals surface area contributed by atoms with Gasteiger partial charge in [0, 0.05) is 12.0 Å². The van der Waals surface area contributed by atoms with E-state index in [0.29, 0.717) is 12.4 Å². The number of hydrogen-bond acceptors (Lipinski definition) is 5. The Morgan fingerprint density at radius 2 is 2.05 bits per heavy atom. The third kappa shape index (κ3) is 4.01. The van der Waals surface area contributed by atoms with Crippen molar-refractivity contribution in [1.29, 1.82) is 0 Å². The molecule has 0 spiro atoms. The van der Waals surface area contributed by atoms with Gasteiger partial charge in [0.2, 0.25) is 5.89 Å². The van der Waals surface area contributed by atoms with Gasteiger partial charge in [0.25, 0.3) is 0 Å². The van der Waals surface area contributed by atoms with E-state index in [1.54, 1.807) is 0 Å². The van der Waals surface area contributed by atoms with E-state index >= 15 is 0 Å². The molecular weight excluding hydrogens is 242 g/mol. The number of rotatable bonds is 2. The number of aliphatic hydroxyl groups is 1. The Balaban J connectivity index is 1.96. The molecule has 1 N–H and O–H groups in total. The molecule has 1 unspecified atom stereocenters. The standard InChI is InChI=1S/C14H25N3O2/c1-13(2,3)12-15-11(16-19-12)10-17-8-5-6-14(4,18)7-9-17/h18H,5-10H2,1-4H3. The highest BCUT2D eigenvalue weighted by atomic mass is 16.5. The first kappa shape index (κ1) is 14.5. The van der Waals surface area contributed by atoms with Crippen molar-refractivity contribution in [3.63, 3.8) is 0 Å². The second-order valence-corrected chi connectivity index (χ2v) is 6.89. The van der Waals surface area contributed by atoms with E-state index < -0.39 is 5.60 Å². The molecule has 5 nitrogen and oxygen atoms in total. The Bertz CT molecular complexity index is 421. The highest BCUT2D eigenvalue weighted by Gasteiger charge is 2.26. The summed E-state index contributed by atoms with van der Waals surface area (Å²) in [5, 5.41) is 14.1. The second kappa shape index (κ2) is 5.21. The molecule has 108 valence electrons. The summed E-state index contributed by atoms with van der Waals surface area (Å²) in [6.45, 7) is 10.7. The lowest BCUT2D eigenvalue weighted by atomic mass is 9.97. The van der Waals surface area contributed by atoms with Crippen LogP contribution in [0.1, 0.15) is 58.7 Å². The summed E-state index contributed by atoms with van der Waals surface area (Å²) in [6, 6.07) is 0. The Kier molecular flexibility index (Phi) is 3.97. The molecule has 0 saturated carbocycles. The summed E-state index contributed by atoms with van der Waals surface area (Å²) >= 11 is 0. The van der Waals surface area contributed by atoms with Crippen LogP contribution >= 0.6 is 0 Å². The molecule has 1 aliphatic heterocycles. The zero-order valence-electron chi connectivity index (χ0n) is 12.4. The van der Waals surface area contributed by atoms with Gasteiger partial charge in [-0.25, -0.2) is 0 Å². The van der Waals surface area contributed by atoms with Gasteiger partial charge in [-0.1, -0.05) is 25.9 Å². The summed E-state index contributed by atoms with van der Waals surface area (Å²) < 4.78 is 5.31. The Labute approximate surface area is 115 Å². The fourth-order valence-corrected chi connectivity index (χ4v) is 2.30. The van der Waals surface area contributed by atoms with E-state index in [4.69, 9.17) is 4.52 Å². The molecule has 0 aromatic carbocycles. The quantitative estimate of drug-likeness (QED) is 0.889. The van der Waals surface area contributed by atoms with Gasteiger partial charge in [0.05, 0.1) is 12.1 Å². The lowest BCUT2D eigenvalue weighted by Crippen LogP contribution is -2.28. The molecule has 0 radical (unpaired) electrons. The van der Waals surface area contributed by atoms with Gasteiger partial charge in [-0.05, 0) is 32.7 Å². The highest BCUT2D eigenvalue weighted by Crippen LogP contribution is 2.23. The highest BCUT2D eigenvalue weighted by molar-refractivity contribution is 4.98. The number of aromatic nitrogens is 2. The largest absolute Gasteiger partial charge is 0.390 e. The normalized spacial score (nSPS) is 26.4. The van der Waals surface area contributed by atoms with Crippen LogP contribution in [0.15, 0.2) is 4.52 Å². The third-order valence-corrected chi connectivity index (χ3v) is 3.63. The van der Waals surface area contributed by atoms with Crippen molar-refractivity contribution in [2.45, 2.75) is 64.5 Å². The van der Waals surface area contributed by atoms with Crippen LogP contribution in [0.5, 0.6) is 0 Å². The topological polar surface area (TPSA) is 62.4 Å². The minimum atomic E-state index is -0.525. The molecule has 1 aromatic rings. The van der Waals surface area contributed by atoms with Gasteiger partial charge in [0.15, 0.2) is 5.82 Å². The molecule has 1 aromatic heterocycles. The molecule has 2 rings (SSSR count). The van der Waals surface area contributed by atoms with Crippen molar-refractivity contribution in [3.8, 4) is 0 Å². The maximum absolute atomic E-state index is 10.1. The SMILES string of the molecule is CC1(O)CCCN(Cc2noc(C(C)(C)C)n2)CC1. The molecule has 1 atom stereocenters. The molecule has 0 aliphatic carbocycles. The maximum atomic E-state index is 10.1. The molecule has 1 saturated heterocycles. The Morgan fingerprint density at radius 3 is 2.68 bits per heavy atom. The van der Waals surface area contributed by atoms with Crippen molar-refractivity contribution < 1.29 is 9.63 Å². The van der Waals surface area contributed by atoms with Gasteiger partial charge in [-0.2, -0.15) is 4.98 Å². The van der Waals surface area contributed by atoms with Crippen LogP contribution in [0.25, 0.3) is 0 Å². The molecule has 19 heavy (non-hydrogen) atoms. The molecule has 1 fully saturated rings. The summed E-state index contributed by atoms with van der Waals surface area (Å²) in [5.74, 6) is 1.43. The summed E-state index contributed by atoms with van der Waals surface area (Å²) in [5.41, 5.74) is -0.629. The molecular formula is C14H25N3O2. The average molecular weight is 267 g/mol. The Hall–Kier alpha value is -0.940. The van der Waals surface area contributed by atoms with Crippen LogP contribution in [-0.2, 0) is 12.0 Å². The smallest absolute Gasteiger partial charge is 0.232 e. The number of likely N-dealkylation sites (tertiary alicyclic amines) is 1. The fraction of sp³-hybridized carbons (Fsp3) is 0.857. The Morgan fingerprint density at radius 1 is 1.32 bits per heavy atom. The molecule has 2 heterocycles. The van der Waals surface area contributed by atoms with Crippen molar-refractivity contribution in [3.05, 3.63) is 11.7 Å². The van der Waals surface area contributed by atoms with Gasteiger partial charge in [-0.15, -0.1) is 0 Å². The summed E-state index contributed by atoms with van der Waals surface area (Å²) in [4.78, 5) is 6.75. The predicted molar refractivity (Wildman–Crippen MR) is 72.7 cm³/mol. The van der Waals surface area contributed by atoms with Gasteiger partial charge >= 0.3 is 0 Å². The predicted octanol–water partition coefficient (Wildman–Crippen LogP) is 2.10. The van der Waals surface area contributed by atoms with Crippen LogP contribution < -0.4 is 0 Å². The second-order valence-electron chi connectivity index (χ2n) is 6.89. The van der Waals surface area contributed by atoms with E-state index in [9.17, 15) is 5.11 Å². The maximum Gasteiger partial charge on any atom is 0.232 e. The lowest BCUT2D eigenvalue weighted by Gasteiger charge is -2.21. The molecule has 1 aliphatic rings. The van der Waals surface area contributed by atoms with Crippen LogP contribution in [-0.4, -0.2) is 38.8 Å². The average Bonchev–Trinajstić information content (AvgIpc) is 2.67. The van der Waals surface area contributed by atoms with E-state index in [0.717, 1.165) is 38.2 Å². The molecule has 5 heteroatoms. The summed E-state index contributed by atoms with van der Waals surface area (Å²) in [7, 11) is 0. The first-order valence-corrected chi connectivity index (χ1v) is 7.04. The minimum absolute atomic E-state index is 0.103. The van der Waals surface area contributed by atoms with E-state index in [1.807, 2.05) is 6.92 Å². The van der Waals surface area contributed by atoms with Crippen LogP contribution in [0.3, 0.4) is 0 Å². The summed E-state index contributed by atoms with van der Waals surface area (Å²) in [6.07, 6.45) is 2.68. The monoisotopic (exact) mass is 267 g/mol. The molecule has 0 amide bonds. The first-order valence-electron chi connectivity index (χ1n) is 7.04. The van der Waals surface area contributed by atoms with Gasteiger partial charge in [0.1, 0.15) is 0 Å². The van der Waals surface area contributed by atoms with E-state index in [-0.39, 0.29) is 5.41 Å². The minimum Gasteiger partial charge on any atom is -0.390 e. The van der Waals surface area contributed by atoms with Crippen LogP contribution in [0.4, 0.5) is 0 Å². The number of hydrogen-bond donors (Lipinski definition) is 1. The van der Waals surface area contributed by atoms with Crippen LogP contribution in [0.2, 0.25) is 0 Å². The zero-order chi connectivity index (χ0) is 14.1. The van der Waals surface area contributed by atoms with Crippen molar-refractivity contribution in [1.82, 2.24) is 15.0 Å². The zero-order valence-corrected chi connectivity index (χ0v) is 12.4. The molecule has 0 bridgehead atoms. The van der Waals surface area contributed by atoms with Crippen molar-refractivity contribution in [2.24, 2.45) is 0 Å². The van der Waals surface area contributed by atoms with Gasteiger partial charge in [-0.3, -0.25) is 4.90 Å². The third-order valence-electron chi connectivity index (χ3n) is 3.63. The van der Waals surface area contributed by atoms with Crippen LogP contribution in [0, 0.1) is 0 Å². The van der Waals surface area contributed by atoms with E-state index in [2.05, 4.69) is 35.8 Å². The van der Waals surface area contributed by atoms with Crippen molar-refractivity contribution >= 4 is 0 Å². The van der Waals surface area contributed by atoms with Gasteiger partial charge < -0.3 is 9.63 Å². The van der Waals surface area contributed by atoms with Crippen molar-refractivity contribution in [2.75, 3.05) is 13.1 Å². The number of nitrogens with zero attached hydrogens (tertiary/aromatic N) is 3. The fourth-order valence-electron chi connectivity index (χ4n) is 2.30. The van der Waals surface area contributed by atoms with E-state index in [1.165, 1.54) is 0 Å².